The third-order valence-electron chi connectivity index (χ3n) is 2.80. The molecule has 1 aromatic rings. The standard InChI is InChI=1S/C13H22N2O/c1-11(2)13(16)10-15(3)9-6-12-4-7-14-8-5-12/h4-5,7-8,11,13,16H,6,9-10H2,1-3H3. The fraction of sp³-hybridized carbons (Fsp3) is 0.615. The molecule has 0 saturated heterocycles. The summed E-state index contributed by atoms with van der Waals surface area (Å²) in [5.41, 5.74) is 1.29. The van der Waals surface area contributed by atoms with Gasteiger partial charge in [-0.1, -0.05) is 13.8 Å². The molecule has 3 heteroatoms. The predicted octanol–water partition coefficient (Wildman–Crippen LogP) is 1.57. The van der Waals surface area contributed by atoms with Crippen molar-refractivity contribution in [2.45, 2.75) is 26.4 Å². The number of aliphatic hydroxyl groups is 1. The Hall–Kier alpha value is -0.930. The average molecular weight is 222 g/mol. The minimum atomic E-state index is -0.234. The molecule has 0 saturated carbocycles. The third kappa shape index (κ3) is 4.73. The zero-order valence-corrected chi connectivity index (χ0v) is 10.4. The van der Waals surface area contributed by atoms with Crippen LogP contribution in [0.5, 0.6) is 0 Å². The van der Waals surface area contributed by atoms with Crippen LogP contribution in [0.3, 0.4) is 0 Å². The maximum atomic E-state index is 9.74. The number of hydrogen-bond acceptors (Lipinski definition) is 3. The van der Waals surface area contributed by atoms with E-state index in [4.69, 9.17) is 0 Å². The molecule has 0 aliphatic carbocycles. The summed E-state index contributed by atoms with van der Waals surface area (Å²) in [5.74, 6) is 0.323. The molecule has 0 aromatic carbocycles. The van der Waals surface area contributed by atoms with E-state index in [-0.39, 0.29) is 6.10 Å². The van der Waals surface area contributed by atoms with Crippen molar-refractivity contribution in [3.8, 4) is 0 Å². The Morgan fingerprint density at radius 1 is 1.31 bits per heavy atom. The first-order valence-electron chi connectivity index (χ1n) is 5.85. The maximum Gasteiger partial charge on any atom is 0.0689 e. The first-order chi connectivity index (χ1) is 7.59. The Balaban J connectivity index is 2.28. The van der Waals surface area contributed by atoms with Crippen molar-refractivity contribution in [2.75, 3.05) is 20.1 Å². The largest absolute Gasteiger partial charge is 0.392 e. The molecule has 0 amide bonds. The van der Waals surface area contributed by atoms with Crippen LogP contribution in [0.25, 0.3) is 0 Å². The van der Waals surface area contributed by atoms with Crippen LogP contribution >= 0.6 is 0 Å². The van der Waals surface area contributed by atoms with Crippen LogP contribution in [0.1, 0.15) is 19.4 Å². The molecule has 3 nitrogen and oxygen atoms in total. The van der Waals surface area contributed by atoms with Crippen LogP contribution in [-0.4, -0.2) is 41.2 Å². The Labute approximate surface area is 98.1 Å². The lowest BCUT2D eigenvalue weighted by atomic mass is 10.1. The second-order valence-corrected chi connectivity index (χ2v) is 4.68. The van der Waals surface area contributed by atoms with E-state index in [0.717, 1.165) is 19.5 Å². The summed E-state index contributed by atoms with van der Waals surface area (Å²) in [5, 5.41) is 9.74. The zero-order valence-electron chi connectivity index (χ0n) is 10.4. The summed E-state index contributed by atoms with van der Waals surface area (Å²) >= 11 is 0. The monoisotopic (exact) mass is 222 g/mol. The SMILES string of the molecule is CC(C)C(O)CN(C)CCc1ccncc1. The lowest BCUT2D eigenvalue weighted by Crippen LogP contribution is -2.33. The molecule has 0 fully saturated rings. The highest BCUT2D eigenvalue weighted by atomic mass is 16.3. The van der Waals surface area contributed by atoms with Gasteiger partial charge >= 0.3 is 0 Å². The second kappa shape index (κ2) is 6.61. The molecule has 1 N–H and O–H groups in total. The van der Waals surface area contributed by atoms with Gasteiger partial charge in [-0.05, 0) is 37.1 Å². The fourth-order valence-corrected chi connectivity index (χ4v) is 1.49. The normalized spacial score (nSPS) is 13.4. The smallest absolute Gasteiger partial charge is 0.0689 e. The van der Waals surface area contributed by atoms with E-state index in [0.29, 0.717) is 5.92 Å². The lowest BCUT2D eigenvalue weighted by molar-refractivity contribution is 0.0866. The highest BCUT2D eigenvalue weighted by Crippen LogP contribution is 2.04. The van der Waals surface area contributed by atoms with Crippen molar-refractivity contribution in [1.82, 2.24) is 9.88 Å². The van der Waals surface area contributed by atoms with Gasteiger partial charge in [-0.15, -0.1) is 0 Å². The van der Waals surface area contributed by atoms with Gasteiger partial charge in [0.25, 0.3) is 0 Å². The van der Waals surface area contributed by atoms with Crippen molar-refractivity contribution in [1.29, 1.82) is 0 Å². The van der Waals surface area contributed by atoms with Gasteiger partial charge in [-0.25, -0.2) is 0 Å². The molecule has 0 bridgehead atoms. The highest BCUT2D eigenvalue weighted by molar-refractivity contribution is 5.09. The van der Waals surface area contributed by atoms with E-state index in [1.807, 2.05) is 45.4 Å². The van der Waals surface area contributed by atoms with Gasteiger partial charge in [0.15, 0.2) is 0 Å². The number of nitrogens with zero attached hydrogens (tertiary/aromatic N) is 2. The van der Waals surface area contributed by atoms with Crippen molar-refractivity contribution < 1.29 is 5.11 Å². The molecule has 1 unspecified atom stereocenters. The molecule has 90 valence electrons. The van der Waals surface area contributed by atoms with E-state index in [1.165, 1.54) is 5.56 Å². The molecular weight excluding hydrogens is 200 g/mol. The van der Waals surface area contributed by atoms with Crippen LogP contribution < -0.4 is 0 Å². The Morgan fingerprint density at radius 3 is 2.50 bits per heavy atom. The van der Waals surface area contributed by atoms with Gasteiger partial charge in [0.05, 0.1) is 6.10 Å². The van der Waals surface area contributed by atoms with E-state index in [1.54, 1.807) is 0 Å². The number of aliphatic hydroxyl groups excluding tert-OH is 1. The van der Waals surface area contributed by atoms with Crippen molar-refractivity contribution >= 4 is 0 Å². The quantitative estimate of drug-likeness (QED) is 0.794. The van der Waals surface area contributed by atoms with Crippen LogP contribution in [-0.2, 0) is 6.42 Å². The summed E-state index contributed by atoms with van der Waals surface area (Å²) in [4.78, 5) is 6.16. The van der Waals surface area contributed by atoms with Crippen LogP contribution in [0.2, 0.25) is 0 Å². The lowest BCUT2D eigenvalue weighted by Gasteiger charge is -2.22. The summed E-state index contributed by atoms with van der Waals surface area (Å²) in [6.45, 7) is 5.79. The van der Waals surface area contributed by atoms with E-state index in [2.05, 4.69) is 9.88 Å². The van der Waals surface area contributed by atoms with E-state index in [9.17, 15) is 5.11 Å². The average Bonchev–Trinajstić information content (AvgIpc) is 2.27. The molecule has 16 heavy (non-hydrogen) atoms. The van der Waals surface area contributed by atoms with E-state index < -0.39 is 0 Å². The van der Waals surface area contributed by atoms with Gasteiger partial charge in [0.1, 0.15) is 0 Å². The number of pyridine rings is 1. The molecule has 1 heterocycles. The maximum absolute atomic E-state index is 9.74. The predicted molar refractivity (Wildman–Crippen MR) is 66.3 cm³/mol. The van der Waals surface area contributed by atoms with Gasteiger partial charge < -0.3 is 10.0 Å². The van der Waals surface area contributed by atoms with Gasteiger partial charge in [0, 0.05) is 25.5 Å². The number of likely N-dealkylation sites (N-methyl/N-ethyl adjacent to an activating group) is 1. The van der Waals surface area contributed by atoms with Crippen molar-refractivity contribution in [3.63, 3.8) is 0 Å². The zero-order chi connectivity index (χ0) is 12.0. The molecule has 1 aromatic heterocycles. The summed E-state index contributed by atoms with van der Waals surface area (Å²) in [7, 11) is 2.05. The number of hydrogen-bond donors (Lipinski definition) is 1. The van der Waals surface area contributed by atoms with Crippen LogP contribution in [0.4, 0.5) is 0 Å². The van der Waals surface area contributed by atoms with Crippen molar-refractivity contribution in [3.05, 3.63) is 30.1 Å². The van der Waals surface area contributed by atoms with Crippen molar-refractivity contribution in [2.24, 2.45) is 5.92 Å². The summed E-state index contributed by atoms with van der Waals surface area (Å²) < 4.78 is 0. The van der Waals surface area contributed by atoms with Gasteiger partial charge in [-0.3, -0.25) is 4.98 Å². The second-order valence-electron chi connectivity index (χ2n) is 4.68. The minimum Gasteiger partial charge on any atom is -0.392 e. The van der Waals surface area contributed by atoms with Gasteiger partial charge in [-0.2, -0.15) is 0 Å². The number of rotatable bonds is 6. The Kier molecular flexibility index (Phi) is 5.43. The topological polar surface area (TPSA) is 36.4 Å². The molecule has 1 rings (SSSR count). The van der Waals surface area contributed by atoms with Crippen LogP contribution in [0, 0.1) is 5.92 Å². The Morgan fingerprint density at radius 2 is 1.94 bits per heavy atom. The molecule has 1 atom stereocenters. The molecule has 0 radical (unpaired) electrons. The van der Waals surface area contributed by atoms with Crippen LogP contribution in [0.15, 0.2) is 24.5 Å². The first-order valence-corrected chi connectivity index (χ1v) is 5.85. The molecular formula is C13H22N2O. The third-order valence-corrected chi connectivity index (χ3v) is 2.80. The highest BCUT2D eigenvalue weighted by Gasteiger charge is 2.11. The molecule has 0 spiro atoms. The van der Waals surface area contributed by atoms with E-state index >= 15 is 0 Å². The minimum absolute atomic E-state index is 0.234. The number of aromatic nitrogens is 1. The summed E-state index contributed by atoms with van der Waals surface area (Å²) in [6.07, 6.45) is 4.41. The summed E-state index contributed by atoms with van der Waals surface area (Å²) in [6, 6.07) is 4.07. The molecule has 0 aliphatic rings. The molecule has 0 aliphatic heterocycles. The Bertz CT molecular complexity index is 287. The fourth-order valence-electron chi connectivity index (χ4n) is 1.49. The van der Waals surface area contributed by atoms with Gasteiger partial charge in [0.2, 0.25) is 0 Å². The first kappa shape index (κ1) is 13.1.